The lowest BCUT2D eigenvalue weighted by Crippen LogP contribution is -1.99. The molecule has 0 bridgehead atoms. The molecule has 0 radical (unpaired) electrons. The normalized spacial score (nSPS) is 10.2. The fourth-order valence-electron chi connectivity index (χ4n) is 1.25. The number of hydrogen-bond donors (Lipinski definition) is 1. The van der Waals surface area contributed by atoms with Gasteiger partial charge in [0.05, 0.1) is 15.5 Å². The summed E-state index contributed by atoms with van der Waals surface area (Å²) in [5.74, 6) is -0.975. The van der Waals surface area contributed by atoms with Crippen LogP contribution in [0.25, 0.3) is 10.4 Å². The lowest BCUT2D eigenvalue weighted by Gasteiger charge is -2.02. The Kier molecular flexibility index (Phi) is 2.70. The summed E-state index contributed by atoms with van der Waals surface area (Å²) in [5.41, 5.74) is 0.777. The highest BCUT2D eigenvalue weighted by atomic mass is 35.5. The monoisotopic (exact) mass is 239 g/mol. The van der Waals surface area contributed by atoms with Gasteiger partial charge < -0.3 is 5.11 Å². The van der Waals surface area contributed by atoms with Crippen LogP contribution in [0.1, 0.15) is 10.4 Å². The minimum Gasteiger partial charge on any atom is -0.478 e. The van der Waals surface area contributed by atoms with Gasteiger partial charge in [-0.05, 0) is 17.5 Å². The maximum absolute atomic E-state index is 11.0. The zero-order valence-corrected chi connectivity index (χ0v) is 9.05. The van der Waals surface area contributed by atoms with Crippen LogP contribution in [0.5, 0.6) is 0 Å². The number of carboxylic acids is 1. The standard InChI is InChI=1S/C10H6ClNO2S/c11-8-2-4-15-9(8)7-5-12-3-1-6(7)10(13)14/h1-5H,(H,13,14). The number of halogens is 1. The number of nitrogens with zero attached hydrogens (tertiary/aromatic N) is 1. The molecule has 0 aliphatic rings. The molecule has 2 heterocycles. The van der Waals surface area contributed by atoms with Gasteiger partial charge in [0.1, 0.15) is 0 Å². The Hall–Kier alpha value is -1.39. The van der Waals surface area contributed by atoms with Crippen LogP contribution in [0.15, 0.2) is 29.9 Å². The number of pyridine rings is 1. The van der Waals surface area contributed by atoms with E-state index in [0.717, 1.165) is 4.88 Å². The van der Waals surface area contributed by atoms with Crippen molar-refractivity contribution in [1.29, 1.82) is 0 Å². The van der Waals surface area contributed by atoms with Gasteiger partial charge in [-0.25, -0.2) is 4.79 Å². The van der Waals surface area contributed by atoms with Gasteiger partial charge in [-0.1, -0.05) is 11.6 Å². The molecule has 2 aromatic heterocycles. The van der Waals surface area contributed by atoms with E-state index < -0.39 is 5.97 Å². The summed E-state index contributed by atoms with van der Waals surface area (Å²) >= 11 is 7.34. The van der Waals surface area contributed by atoms with Crippen LogP contribution in [-0.4, -0.2) is 16.1 Å². The predicted molar refractivity (Wildman–Crippen MR) is 59.5 cm³/mol. The Labute approximate surface area is 95.0 Å². The highest BCUT2D eigenvalue weighted by molar-refractivity contribution is 7.14. The van der Waals surface area contributed by atoms with Crippen molar-refractivity contribution in [2.75, 3.05) is 0 Å². The number of carbonyl (C=O) groups is 1. The first kappa shape index (κ1) is 10.1. The summed E-state index contributed by atoms with van der Waals surface area (Å²) in [4.78, 5) is 15.6. The molecule has 0 aromatic carbocycles. The van der Waals surface area contributed by atoms with Crippen molar-refractivity contribution in [2.45, 2.75) is 0 Å². The van der Waals surface area contributed by atoms with Crippen LogP contribution < -0.4 is 0 Å². The van der Waals surface area contributed by atoms with E-state index in [4.69, 9.17) is 16.7 Å². The molecule has 0 atom stereocenters. The van der Waals surface area contributed by atoms with E-state index in [-0.39, 0.29) is 5.56 Å². The van der Waals surface area contributed by atoms with Crippen molar-refractivity contribution in [1.82, 2.24) is 4.98 Å². The topological polar surface area (TPSA) is 50.2 Å². The van der Waals surface area contributed by atoms with Crippen LogP contribution in [0.2, 0.25) is 5.02 Å². The molecule has 2 rings (SSSR count). The van der Waals surface area contributed by atoms with E-state index in [1.165, 1.54) is 29.8 Å². The molecule has 0 aliphatic heterocycles. The lowest BCUT2D eigenvalue weighted by molar-refractivity contribution is 0.0697. The summed E-state index contributed by atoms with van der Waals surface area (Å²) in [6.07, 6.45) is 2.97. The Morgan fingerprint density at radius 3 is 2.87 bits per heavy atom. The van der Waals surface area contributed by atoms with Crippen molar-refractivity contribution in [3.05, 3.63) is 40.5 Å². The average Bonchev–Trinajstić information content (AvgIpc) is 2.64. The first-order chi connectivity index (χ1) is 7.20. The third-order valence-corrected chi connectivity index (χ3v) is 3.29. The maximum Gasteiger partial charge on any atom is 0.336 e. The predicted octanol–water partition coefficient (Wildman–Crippen LogP) is 3.16. The lowest BCUT2D eigenvalue weighted by atomic mass is 10.1. The Morgan fingerprint density at radius 2 is 2.27 bits per heavy atom. The average molecular weight is 240 g/mol. The molecule has 0 aliphatic carbocycles. The van der Waals surface area contributed by atoms with Gasteiger partial charge in [-0.15, -0.1) is 11.3 Å². The zero-order valence-electron chi connectivity index (χ0n) is 7.48. The number of aromatic nitrogens is 1. The molecule has 1 N–H and O–H groups in total. The van der Waals surface area contributed by atoms with E-state index in [1.54, 1.807) is 6.07 Å². The number of hydrogen-bond acceptors (Lipinski definition) is 3. The molecular weight excluding hydrogens is 234 g/mol. The largest absolute Gasteiger partial charge is 0.478 e. The number of carboxylic acid groups (broad SMARTS) is 1. The highest BCUT2D eigenvalue weighted by Crippen LogP contribution is 2.34. The van der Waals surface area contributed by atoms with Crippen molar-refractivity contribution >= 4 is 28.9 Å². The minimum atomic E-state index is -0.975. The molecule has 0 unspecified atom stereocenters. The number of thiophene rings is 1. The van der Waals surface area contributed by atoms with Gasteiger partial charge in [0, 0.05) is 18.0 Å². The number of rotatable bonds is 2. The van der Waals surface area contributed by atoms with E-state index >= 15 is 0 Å². The minimum absolute atomic E-state index is 0.217. The van der Waals surface area contributed by atoms with Crippen molar-refractivity contribution < 1.29 is 9.90 Å². The van der Waals surface area contributed by atoms with Crippen LogP contribution in [0.4, 0.5) is 0 Å². The van der Waals surface area contributed by atoms with E-state index in [2.05, 4.69) is 4.98 Å². The van der Waals surface area contributed by atoms with E-state index in [9.17, 15) is 4.79 Å². The molecule has 0 amide bonds. The molecule has 15 heavy (non-hydrogen) atoms. The molecule has 3 nitrogen and oxygen atoms in total. The van der Waals surface area contributed by atoms with Crippen LogP contribution in [-0.2, 0) is 0 Å². The Morgan fingerprint density at radius 1 is 1.47 bits per heavy atom. The van der Waals surface area contributed by atoms with Crippen LogP contribution >= 0.6 is 22.9 Å². The highest BCUT2D eigenvalue weighted by Gasteiger charge is 2.14. The summed E-state index contributed by atoms with van der Waals surface area (Å²) in [7, 11) is 0. The van der Waals surface area contributed by atoms with Crippen LogP contribution in [0.3, 0.4) is 0 Å². The molecule has 0 fully saturated rings. The molecule has 0 saturated heterocycles. The maximum atomic E-state index is 11.0. The molecule has 76 valence electrons. The summed E-state index contributed by atoms with van der Waals surface area (Å²) in [6.45, 7) is 0. The van der Waals surface area contributed by atoms with Gasteiger partial charge in [-0.2, -0.15) is 0 Å². The molecule has 5 heteroatoms. The van der Waals surface area contributed by atoms with Gasteiger partial charge in [0.2, 0.25) is 0 Å². The molecule has 2 aromatic rings. The Balaban J connectivity index is 2.63. The van der Waals surface area contributed by atoms with Crippen molar-refractivity contribution in [3.8, 4) is 10.4 Å². The van der Waals surface area contributed by atoms with Gasteiger partial charge >= 0.3 is 5.97 Å². The Bertz CT molecular complexity index is 510. The van der Waals surface area contributed by atoms with Gasteiger partial charge in [0.25, 0.3) is 0 Å². The first-order valence-corrected chi connectivity index (χ1v) is 5.36. The second-order valence-corrected chi connectivity index (χ2v) is 4.15. The fraction of sp³-hybridized carbons (Fsp3) is 0. The SMILES string of the molecule is O=C(O)c1ccncc1-c1sccc1Cl. The molecular formula is C10H6ClNO2S. The third-order valence-electron chi connectivity index (χ3n) is 1.91. The second kappa shape index (κ2) is 4.00. The van der Waals surface area contributed by atoms with E-state index in [1.807, 2.05) is 5.38 Å². The third kappa shape index (κ3) is 1.86. The zero-order chi connectivity index (χ0) is 10.8. The van der Waals surface area contributed by atoms with Gasteiger partial charge in [0.15, 0.2) is 0 Å². The number of aromatic carboxylic acids is 1. The summed E-state index contributed by atoms with van der Waals surface area (Å²) < 4.78 is 0. The quantitative estimate of drug-likeness (QED) is 0.876. The van der Waals surface area contributed by atoms with Crippen LogP contribution in [0, 0.1) is 0 Å². The fourth-order valence-corrected chi connectivity index (χ4v) is 2.43. The smallest absolute Gasteiger partial charge is 0.336 e. The summed E-state index contributed by atoms with van der Waals surface area (Å²) in [5, 5.41) is 11.4. The second-order valence-electron chi connectivity index (χ2n) is 2.82. The van der Waals surface area contributed by atoms with E-state index in [0.29, 0.717) is 10.6 Å². The first-order valence-electron chi connectivity index (χ1n) is 4.11. The van der Waals surface area contributed by atoms with Crippen molar-refractivity contribution in [2.24, 2.45) is 0 Å². The molecule has 0 spiro atoms. The van der Waals surface area contributed by atoms with Gasteiger partial charge in [-0.3, -0.25) is 4.98 Å². The summed E-state index contributed by atoms with van der Waals surface area (Å²) in [6, 6.07) is 3.20. The van der Waals surface area contributed by atoms with Crippen molar-refractivity contribution in [3.63, 3.8) is 0 Å². The molecule has 0 saturated carbocycles.